The highest BCUT2D eigenvalue weighted by Crippen LogP contribution is 2.09. The average molecular weight is 745 g/mol. The Morgan fingerprint density at radius 1 is 0.745 bits per heavy atom. The fourth-order valence-electron chi connectivity index (χ4n) is 4.36. The third-order valence-electron chi connectivity index (χ3n) is 7.15. The summed E-state index contributed by atoms with van der Waals surface area (Å²) in [6.45, 7) is 7.65. The van der Waals surface area contributed by atoms with Crippen molar-refractivity contribution in [2.45, 2.75) is 115 Å². The Hall–Kier alpha value is -4.50. The smallest absolute Gasteiger partial charge is 0.245 e. The molecule has 289 valence electrons. The van der Waals surface area contributed by atoms with Gasteiger partial charge in [-0.15, -0.1) is 0 Å². The molecule has 0 saturated carbocycles. The highest BCUT2D eigenvalue weighted by molar-refractivity contribution is 7.80. The Balaban J connectivity index is 6.20. The van der Waals surface area contributed by atoms with Crippen LogP contribution in [0.25, 0.3) is 0 Å². The van der Waals surface area contributed by atoms with Gasteiger partial charge < -0.3 is 59.5 Å². The first-order valence-electron chi connectivity index (χ1n) is 16.3. The number of nitrogens with one attached hydrogen (secondary N) is 8. The summed E-state index contributed by atoms with van der Waals surface area (Å²) in [5.41, 5.74) is 16.2. The molecule has 20 nitrogen and oxygen atoms in total. The lowest BCUT2D eigenvalue weighted by atomic mass is 10.0. The van der Waals surface area contributed by atoms with E-state index in [1.54, 1.807) is 20.1 Å². The molecule has 0 heterocycles. The zero-order valence-electron chi connectivity index (χ0n) is 29.5. The first-order valence-corrected chi connectivity index (χ1v) is 17.0. The molecule has 0 unspecified atom stereocenters. The fraction of sp³-hybridized carbons (Fsp3) is 0.700. The van der Waals surface area contributed by atoms with Crippen LogP contribution in [0.5, 0.6) is 0 Å². The van der Waals surface area contributed by atoms with Gasteiger partial charge in [0.25, 0.3) is 0 Å². The average Bonchev–Trinajstić information content (AvgIpc) is 3.04. The largest absolute Gasteiger partial charge is 0.391 e. The summed E-state index contributed by atoms with van der Waals surface area (Å²) in [5.74, 6) is -6.24. The van der Waals surface area contributed by atoms with Gasteiger partial charge in [-0.3, -0.25) is 43.8 Å². The molecule has 0 saturated heterocycles. The van der Waals surface area contributed by atoms with Gasteiger partial charge in [-0.05, 0) is 52.4 Å². The zero-order valence-corrected chi connectivity index (χ0v) is 30.4. The lowest BCUT2D eigenvalue weighted by Gasteiger charge is -2.28. The SMILES string of the molecule is CC(C)C[C@H](NC(=O)[C@H](CCCNC(=N)N)NC(=O)[C@H](CCC(N)=O)NC(=O)[C@@H](NC(=O)[C@H](C)NC(=O)[C@@H](N)CS)[C@@H](C)O)C(=O)N[C@@H](C)[C]=O. The molecular weight excluding hydrogens is 690 g/mol. The van der Waals surface area contributed by atoms with Crippen LogP contribution in [0.3, 0.4) is 0 Å². The quantitative estimate of drug-likeness (QED) is 0.0192. The maximum absolute atomic E-state index is 13.6. The zero-order chi connectivity index (χ0) is 39.4. The van der Waals surface area contributed by atoms with Crippen molar-refractivity contribution < 1.29 is 43.5 Å². The van der Waals surface area contributed by atoms with Crippen LogP contribution in [0.2, 0.25) is 0 Å². The van der Waals surface area contributed by atoms with Gasteiger partial charge in [0.2, 0.25) is 47.6 Å². The summed E-state index contributed by atoms with van der Waals surface area (Å²) in [6, 6.07) is -8.74. The predicted octanol–water partition coefficient (Wildman–Crippen LogP) is -4.74. The van der Waals surface area contributed by atoms with E-state index in [0.29, 0.717) is 0 Å². The number of amides is 7. The van der Waals surface area contributed by atoms with E-state index in [2.05, 4.69) is 49.8 Å². The van der Waals surface area contributed by atoms with Crippen LogP contribution in [-0.4, -0.2) is 119 Å². The molecule has 0 aliphatic carbocycles. The minimum absolute atomic E-state index is 0.00114. The molecule has 0 aliphatic rings. The van der Waals surface area contributed by atoms with Gasteiger partial charge in [0.1, 0.15) is 30.2 Å². The molecule has 21 heteroatoms. The minimum atomic E-state index is -1.64. The molecule has 0 rings (SSSR count). The monoisotopic (exact) mass is 744 g/mol. The van der Waals surface area contributed by atoms with Gasteiger partial charge in [0.05, 0.1) is 18.2 Å². The summed E-state index contributed by atoms with van der Waals surface area (Å²) in [5, 5.41) is 34.8. The van der Waals surface area contributed by atoms with E-state index in [4.69, 9.17) is 22.6 Å². The number of rotatable bonds is 24. The van der Waals surface area contributed by atoms with Crippen molar-refractivity contribution in [1.82, 2.24) is 37.2 Å². The van der Waals surface area contributed by atoms with Gasteiger partial charge in [-0.1, -0.05) is 13.8 Å². The molecule has 8 atom stereocenters. The molecule has 1 radical (unpaired) electrons. The standard InChI is InChI=1S/C30H54N11O9S/c1-14(2)11-21(28(49)36-15(3)12-42)40-26(47)19(7-6-10-35-30(33)34)38-27(48)20(8-9-22(32)44)39-29(50)23(17(5)43)41-24(45)16(4)37-25(46)18(31)13-51/h14-21,23,43,51H,6-11,13,31H2,1-5H3,(H2,32,44)(H,36,49)(H,37,46)(H,38,48)(H,39,50)(H,40,47)(H,41,45)(H4,33,34,35)/t15-,16-,17+,18-,19-,20-,21-,23-/m0/s1. The summed E-state index contributed by atoms with van der Waals surface area (Å²) < 4.78 is 0. The van der Waals surface area contributed by atoms with Crippen molar-refractivity contribution >= 4 is 66.2 Å². The number of aliphatic hydroxyl groups excluding tert-OH is 1. The molecule has 0 aliphatic heterocycles. The normalized spacial score (nSPS) is 15.6. The number of primary amides is 1. The maximum atomic E-state index is 13.6. The third kappa shape index (κ3) is 18.9. The van der Waals surface area contributed by atoms with Crippen LogP contribution in [0.4, 0.5) is 0 Å². The van der Waals surface area contributed by atoms with Crippen molar-refractivity contribution in [3.05, 3.63) is 0 Å². The van der Waals surface area contributed by atoms with E-state index in [1.165, 1.54) is 20.8 Å². The number of carbonyl (C=O) groups is 7. The Bertz CT molecular complexity index is 1240. The third-order valence-corrected chi connectivity index (χ3v) is 7.55. The first kappa shape index (κ1) is 46.5. The molecule has 0 aromatic rings. The van der Waals surface area contributed by atoms with Crippen LogP contribution >= 0.6 is 12.6 Å². The Kier molecular flexibility index (Phi) is 21.7. The number of hydrogen-bond donors (Lipinski definition) is 13. The second-order valence-corrected chi connectivity index (χ2v) is 12.8. The minimum Gasteiger partial charge on any atom is -0.391 e. The topological polar surface area (TPSA) is 343 Å². The van der Waals surface area contributed by atoms with E-state index in [9.17, 15) is 43.5 Å². The molecule has 0 bridgehead atoms. The Morgan fingerprint density at radius 2 is 1.27 bits per heavy atom. The van der Waals surface area contributed by atoms with Crippen LogP contribution in [0.1, 0.15) is 66.7 Å². The van der Waals surface area contributed by atoms with Gasteiger partial charge in [0.15, 0.2) is 5.96 Å². The molecule has 0 spiro atoms. The summed E-state index contributed by atoms with van der Waals surface area (Å²) in [4.78, 5) is 101. The van der Waals surface area contributed by atoms with E-state index in [1.807, 2.05) is 0 Å². The maximum Gasteiger partial charge on any atom is 0.245 e. The fourth-order valence-corrected chi connectivity index (χ4v) is 4.52. The molecule has 7 amide bonds. The first-order chi connectivity index (χ1) is 23.7. The molecule has 0 fully saturated rings. The highest BCUT2D eigenvalue weighted by atomic mass is 32.1. The molecule has 0 aromatic carbocycles. The molecule has 51 heavy (non-hydrogen) atoms. The van der Waals surface area contributed by atoms with Crippen molar-refractivity contribution in [1.29, 1.82) is 5.41 Å². The summed E-state index contributed by atoms with van der Waals surface area (Å²) >= 11 is 3.93. The van der Waals surface area contributed by atoms with E-state index >= 15 is 0 Å². The van der Waals surface area contributed by atoms with Gasteiger partial charge in [0, 0.05) is 18.7 Å². The van der Waals surface area contributed by atoms with Crippen molar-refractivity contribution in [3.8, 4) is 0 Å². The number of guanidine groups is 1. The lowest BCUT2D eigenvalue weighted by Crippen LogP contribution is -2.61. The number of thiol groups is 1. The summed E-state index contributed by atoms with van der Waals surface area (Å²) in [7, 11) is 0. The van der Waals surface area contributed by atoms with Crippen molar-refractivity contribution in [2.24, 2.45) is 23.1 Å². The number of nitrogens with two attached hydrogens (primary N) is 3. The number of aliphatic hydroxyl groups is 1. The molecule has 15 N–H and O–H groups in total. The summed E-state index contributed by atoms with van der Waals surface area (Å²) in [6.07, 6.45) is -0.300. The Labute approximate surface area is 302 Å². The lowest BCUT2D eigenvalue weighted by molar-refractivity contribution is -0.136. The van der Waals surface area contributed by atoms with Crippen LogP contribution < -0.4 is 54.4 Å². The second kappa shape index (κ2) is 23.8. The van der Waals surface area contributed by atoms with Gasteiger partial charge >= 0.3 is 0 Å². The highest BCUT2D eigenvalue weighted by Gasteiger charge is 2.34. The van der Waals surface area contributed by atoms with Gasteiger partial charge in [-0.2, -0.15) is 12.6 Å². The van der Waals surface area contributed by atoms with Crippen molar-refractivity contribution in [2.75, 3.05) is 12.3 Å². The predicted molar refractivity (Wildman–Crippen MR) is 189 cm³/mol. The number of carbonyl (C=O) groups excluding carboxylic acids is 8. The second-order valence-electron chi connectivity index (χ2n) is 12.4. The van der Waals surface area contributed by atoms with Crippen LogP contribution in [0, 0.1) is 11.3 Å². The molecular formula is C30H54N11O9S. The van der Waals surface area contributed by atoms with Crippen LogP contribution in [0.15, 0.2) is 0 Å². The molecule has 0 aromatic heterocycles. The van der Waals surface area contributed by atoms with E-state index in [0.717, 1.165) is 0 Å². The van der Waals surface area contributed by atoms with Crippen molar-refractivity contribution in [3.63, 3.8) is 0 Å². The number of hydrogen-bond acceptors (Lipinski definition) is 12. The van der Waals surface area contributed by atoms with Crippen LogP contribution in [-0.2, 0) is 38.4 Å². The van der Waals surface area contributed by atoms with Gasteiger partial charge in [-0.25, -0.2) is 0 Å². The van der Waals surface area contributed by atoms with E-state index in [-0.39, 0.29) is 56.3 Å². The van der Waals surface area contributed by atoms with E-state index < -0.39 is 89.7 Å². The Morgan fingerprint density at radius 3 is 1.76 bits per heavy atom.